The number of ether oxygens (including phenoxy) is 1. The normalized spacial score (nSPS) is 14.7. The Labute approximate surface area is 138 Å². The molecule has 0 radical (unpaired) electrons. The lowest BCUT2D eigenvalue weighted by molar-refractivity contribution is -0.114. The molecular weight excluding hydrogens is 327 g/mol. The van der Waals surface area contributed by atoms with Crippen molar-refractivity contribution in [2.45, 2.75) is 33.8 Å². The minimum atomic E-state index is -0.555. The van der Waals surface area contributed by atoms with Crippen LogP contribution in [0.4, 0.5) is 10.5 Å². The van der Waals surface area contributed by atoms with Crippen LogP contribution in [0.5, 0.6) is 5.75 Å². The average molecular weight is 343 g/mol. The molecule has 0 aromatic heterocycles. The Kier molecular flexibility index (Phi) is 4.68. The number of nitrogens with zero attached hydrogens (tertiary/aromatic N) is 1. The molecule has 1 aliphatic rings. The van der Waals surface area contributed by atoms with E-state index in [1.165, 1.54) is 12.1 Å². The quantitative estimate of drug-likeness (QED) is 0.663. The smallest absolute Gasteiger partial charge is 0.333 e. The highest BCUT2D eigenvalue weighted by atomic mass is 35.5. The number of anilines is 1. The Hall–Kier alpha value is -1.72. The van der Waals surface area contributed by atoms with Gasteiger partial charge in [0.1, 0.15) is 11.4 Å². The van der Waals surface area contributed by atoms with Gasteiger partial charge >= 0.3 is 6.03 Å². The van der Waals surface area contributed by atoms with Crippen molar-refractivity contribution in [3.05, 3.63) is 33.4 Å². The van der Waals surface area contributed by atoms with Crippen LogP contribution in [-0.2, 0) is 4.79 Å². The number of allylic oxidation sites excluding steroid dienone is 1. The molecule has 3 amide bonds. The Morgan fingerprint density at radius 3 is 2.32 bits per heavy atom. The lowest BCUT2D eigenvalue weighted by Crippen LogP contribution is -2.31. The van der Waals surface area contributed by atoms with E-state index in [1.54, 1.807) is 13.8 Å². The molecule has 1 aromatic carbocycles. The predicted molar refractivity (Wildman–Crippen MR) is 86.6 cm³/mol. The molecule has 0 atom stereocenters. The molecule has 0 bridgehead atoms. The first-order valence-electron chi connectivity index (χ1n) is 6.71. The number of hydrogen-bond donors (Lipinski definition) is 1. The zero-order valence-corrected chi connectivity index (χ0v) is 14.2. The summed E-state index contributed by atoms with van der Waals surface area (Å²) in [5, 5.41) is 3.05. The largest absolute Gasteiger partial charge is 0.489 e. The molecule has 22 heavy (non-hydrogen) atoms. The van der Waals surface area contributed by atoms with Crippen molar-refractivity contribution in [2.75, 3.05) is 4.90 Å². The summed E-state index contributed by atoms with van der Waals surface area (Å²) < 4.78 is 5.57. The van der Waals surface area contributed by atoms with Crippen LogP contribution in [0, 0.1) is 0 Å². The molecule has 5 nitrogen and oxygen atoms in total. The second-order valence-electron chi connectivity index (χ2n) is 5.35. The molecule has 0 aliphatic carbocycles. The Morgan fingerprint density at radius 1 is 1.18 bits per heavy atom. The minimum Gasteiger partial charge on any atom is -0.489 e. The maximum absolute atomic E-state index is 12.4. The van der Waals surface area contributed by atoms with Gasteiger partial charge in [-0.2, -0.15) is 0 Å². The van der Waals surface area contributed by atoms with Crippen molar-refractivity contribution < 1.29 is 14.3 Å². The van der Waals surface area contributed by atoms with Crippen LogP contribution in [0.15, 0.2) is 23.4 Å². The number of rotatable bonds is 3. The number of benzene rings is 1. The third kappa shape index (κ3) is 3.05. The lowest BCUT2D eigenvalue weighted by Gasteiger charge is -2.18. The van der Waals surface area contributed by atoms with E-state index in [2.05, 4.69) is 5.32 Å². The predicted octanol–water partition coefficient (Wildman–Crippen LogP) is 4.13. The maximum atomic E-state index is 12.4. The van der Waals surface area contributed by atoms with Crippen molar-refractivity contribution in [1.29, 1.82) is 0 Å². The number of urea groups is 1. The molecule has 1 fully saturated rings. The summed E-state index contributed by atoms with van der Waals surface area (Å²) in [6.07, 6.45) is -0.108. The zero-order valence-electron chi connectivity index (χ0n) is 12.7. The van der Waals surface area contributed by atoms with Crippen LogP contribution in [-0.4, -0.2) is 18.0 Å². The molecule has 1 N–H and O–H groups in total. The van der Waals surface area contributed by atoms with Crippen molar-refractivity contribution in [1.82, 2.24) is 5.32 Å². The summed E-state index contributed by atoms with van der Waals surface area (Å²) in [4.78, 5) is 25.5. The first-order valence-corrected chi connectivity index (χ1v) is 7.46. The molecule has 0 saturated carbocycles. The van der Waals surface area contributed by atoms with Crippen LogP contribution in [0.3, 0.4) is 0 Å². The Bertz CT molecular complexity index is 680. The van der Waals surface area contributed by atoms with Crippen LogP contribution >= 0.6 is 23.2 Å². The van der Waals surface area contributed by atoms with Gasteiger partial charge < -0.3 is 10.1 Å². The van der Waals surface area contributed by atoms with Gasteiger partial charge in [-0.15, -0.1) is 0 Å². The molecule has 1 aliphatic heterocycles. The van der Waals surface area contributed by atoms with Crippen molar-refractivity contribution in [2.24, 2.45) is 0 Å². The van der Waals surface area contributed by atoms with Gasteiger partial charge in [0.25, 0.3) is 5.91 Å². The van der Waals surface area contributed by atoms with Crippen molar-refractivity contribution >= 4 is 40.8 Å². The number of carbonyl (C=O) groups is 2. The molecule has 0 spiro atoms. The standard InChI is InChI=1S/C15H16Cl2N2O3/c1-7(2)13-14(20)19(15(21)18-13)11-6-12(22-8(3)4)10(17)5-9(11)16/h5-6,8H,1-4H3,(H,18,21). The lowest BCUT2D eigenvalue weighted by atomic mass is 10.2. The molecule has 0 unspecified atom stereocenters. The van der Waals surface area contributed by atoms with Gasteiger partial charge in [-0.25, -0.2) is 9.69 Å². The molecule has 1 aromatic rings. The number of hydrogen-bond acceptors (Lipinski definition) is 3. The van der Waals surface area contributed by atoms with E-state index < -0.39 is 11.9 Å². The average Bonchev–Trinajstić information content (AvgIpc) is 2.68. The molecule has 118 valence electrons. The first-order chi connectivity index (χ1) is 10.2. The van der Waals surface area contributed by atoms with Gasteiger partial charge in [-0.1, -0.05) is 23.2 Å². The second-order valence-corrected chi connectivity index (χ2v) is 6.16. The monoisotopic (exact) mass is 342 g/mol. The van der Waals surface area contributed by atoms with Crippen molar-refractivity contribution in [3.63, 3.8) is 0 Å². The van der Waals surface area contributed by atoms with Gasteiger partial charge in [0.05, 0.1) is 21.8 Å². The number of imide groups is 1. The first kappa shape index (κ1) is 16.6. The summed E-state index contributed by atoms with van der Waals surface area (Å²) in [6.45, 7) is 7.18. The molecule has 1 heterocycles. The highest BCUT2D eigenvalue weighted by Gasteiger charge is 2.37. The van der Waals surface area contributed by atoms with Gasteiger partial charge in [-0.3, -0.25) is 4.79 Å². The van der Waals surface area contributed by atoms with E-state index in [-0.39, 0.29) is 22.5 Å². The zero-order chi connectivity index (χ0) is 16.6. The van der Waals surface area contributed by atoms with Crippen LogP contribution in [0.2, 0.25) is 10.0 Å². The fourth-order valence-electron chi connectivity index (χ4n) is 2.01. The Morgan fingerprint density at radius 2 is 1.82 bits per heavy atom. The van der Waals surface area contributed by atoms with Gasteiger partial charge in [0, 0.05) is 6.07 Å². The number of halogens is 2. The van der Waals surface area contributed by atoms with Crippen LogP contribution in [0.25, 0.3) is 0 Å². The summed E-state index contributed by atoms with van der Waals surface area (Å²) >= 11 is 12.2. The van der Waals surface area contributed by atoms with Gasteiger partial charge in [-0.05, 0) is 39.3 Å². The van der Waals surface area contributed by atoms with E-state index in [9.17, 15) is 9.59 Å². The summed E-state index contributed by atoms with van der Waals surface area (Å²) in [6, 6.07) is 2.40. The molecule has 7 heteroatoms. The summed E-state index contributed by atoms with van der Waals surface area (Å²) in [5.74, 6) is -0.0907. The SMILES string of the molecule is CC(C)=C1NC(=O)N(c2cc(OC(C)C)c(Cl)cc2Cl)C1=O. The summed E-state index contributed by atoms with van der Waals surface area (Å²) in [7, 11) is 0. The highest BCUT2D eigenvalue weighted by Crippen LogP contribution is 2.38. The topological polar surface area (TPSA) is 58.6 Å². The third-order valence-electron chi connectivity index (χ3n) is 2.96. The fourth-order valence-corrected chi connectivity index (χ4v) is 2.52. The molecule has 1 saturated heterocycles. The van der Waals surface area contributed by atoms with E-state index in [4.69, 9.17) is 27.9 Å². The summed E-state index contributed by atoms with van der Waals surface area (Å²) in [5.41, 5.74) is 1.20. The maximum Gasteiger partial charge on any atom is 0.333 e. The van der Waals surface area contributed by atoms with Crippen LogP contribution < -0.4 is 15.0 Å². The molecule has 2 rings (SSSR count). The van der Waals surface area contributed by atoms with E-state index in [0.29, 0.717) is 16.3 Å². The van der Waals surface area contributed by atoms with Crippen LogP contribution in [0.1, 0.15) is 27.7 Å². The number of nitrogens with one attached hydrogen (secondary N) is 1. The van der Waals surface area contributed by atoms with Crippen molar-refractivity contribution in [3.8, 4) is 5.75 Å². The number of amides is 3. The third-order valence-corrected chi connectivity index (χ3v) is 3.55. The van der Waals surface area contributed by atoms with E-state index in [1.807, 2.05) is 13.8 Å². The van der Waals surface area contributed by atoms with Gasteiger partial charge in [0.2, 0.25) is 0 Å². The van der Waals surface area contributed by atoms with Gasteiger partial charge in [0.15, 0.2) is 0 Å². The second kappa shape index (κ2) is 6.18. The Balaban J connectivity index is 2.51. The van der Waals surface area contributed by atoms with E-state index >= 15 is 0 Å². The number of carbonyl (C=O) groups excluding carboxylic acids is 2. The van der Waals surface area contributed by atoms with E-state index in [0.717, 1.165) is 4.90 Å². The molecular formula is C15H16Cl2N2O3. The highest BCUT2D eigenvalue weighted by molar-refractivity contribution is 6.39. The minimum absolute atomic E-state index is 0.108. The fraction of sp³-hybridized carbons (Fsp3) is 0.333.